The average Bonchev–Trinajstić information content (AvgIpc) is 3.76. The fourth-order valence-electron chi connectivity index (χ4n) is 8.91. The third kappa shape index (κ3) is 3.60. The molecule has 240 valence electrons. The van der Waals surface area contributed by atoms with Crippen LogP contribution in [-0.2, 0) is 5.66 Å². The van der Waals surface area contributed by atoms with Crippen LogP contribution in [0.2, 0.25) is 19.6 Å². The standard InChI is InChI=1S/C43H45N3OSi/c1-25(2)28-18-19-31-34(22-28)43(44-24-39(48(7,8)9)32(26(3)4)23-37(31)44)33-21-20-30-29-14-10-13-17-38(29)47-41(30)40(33)42-45(27(5)6)35-15-11-12-16-36(35)46(42)43/h10-27H,1-9H3/q+2. The number of benzene rings is 4. The van der Waals surface area contributed by atoms with Gasteiger partial charge in [-0.25, -0.2) is 4.57 Å². The third-order valence-electron chi connectivity index (χ3n) is 11.1. The summed E-state index contributed by atoms with van der Waals surface area (Å²) in [6.45, 7) is 21.5. The van der Waals surface area contributed by atoms with E-state index >= 15 is 0 Å². The maximum atomic E-state index is 6.92. The quantitative estimate of drug-likeness (QED) is 0.138. The van der Waals surface area contributed by atoms with E-state index in [9.17, 15) is 0 Å². The lowest BCUT2D eigenvalue weighted by molar-refractivity contribution is -0.735. The molecule has 1 spiro atoms. The van der Waals surface area contributed by atoms with Crippen LogP contribution < -0.4 is 14.3 Å². The van der Waals surface area contributed by atoms with E-state index < -0.39 is 13.7 Å². The van der Waals surface area contributed by atoms with Gasteiger partial charge in [-0.2, -0.15) is 4.57 Å². The second-order valence-corrected chi connectivity index (χ2v) is 21.0. The highest BCUT2D eigenvalue weighted by molar-refractivity contribution is 6.89. The molecule has 0 bridgehead atoms. The van der Waals surface area contributed by atoms with Gasteiger partial charge in [-0.1, -0.05) is 83.7 Å². The Bertz CT molecular complexity index is 2490. The molecule has 2 aliphatic rings. The van der Waals surface area contributed by atoms with Gasteiger partial charge in [0.05, 0.1) is 30.8 Å². The summed E-state index contributed by atoms with van der Waals surface area (Å²) < 4.78 is 14.8. The highest BCUT2D eigenvalue weighted by Gasteiger charge is 2.67. The van der Waals surface area contributed by atoms with Crippen molar-refractivity contribution < 1.29 is 13.6 Å². The van der Waals surface area contributed by atoms with Gasteiger partial charge in [-0.05, 0) is 79.3 Å². The van der Waals surface area contributed by atoms with Crippen molar-refractivity contribution in [3.63, 3.8) is 0 Å². The van der Waals surface area contributed by atoms with Crippen molar-refractivity contribution in [3.05, 3.63) is 113 Å². The van der Waals surface area contributed by atoms with Crippen molar-refractivity contribution in [2.45, 2.75) is 84.7 Å². The molecule has 0 saturated carbocycles. The molecule has 7 aromatic rings. The molecule has 5 heteroatoms. The van der Waals surface area contributed by atoms with Crippen molar-refractivity contribution in [2.24, 2.45) is 0 Å². The zero-order valence-electron chi connectivity index (χ0n) is 29.6. The fourth-order valence-corrected chi connectivity index (χ4v) is 10.7. The van der Waals surface area contributed by atoms with Gasteiger partial charge in [-0.3, -0.25) is 0 Å². The van der Waals surface area contributed by atoms with Crippen LogP contribution in [-0.4, -0.2) is 12.6 Å². The molecule has 4 aromatic carbocycles. The molecule has 0 aliphatic carbocycles. The Morgan fingerprint density at radius 1 is 0.750 bits per heavy atom. The lowest BCUT2D eigenvalue weighted by Crippen LogP contribution is -2.61. The van der Waals surface area contributed by atoms with Gasteiger partial charge in [-0.15, -0.1) is 4.57 Å². The van der Waals surface area contributed by atoms with E-state index in [0.29, 0.717) is 11.8 Å². The second kappa shape index (κ2) is 9.79. The molecule has 0 saturated heterocycles. The zero-order valence-corrected chi connectivity index (χ0v) is 30.6. The van der Waals surface area contributed by atoms with E-state index in [-0.39, 0.29) is 6.04 Å². The van der Waals surface area contributed by atoms with Crippen LogP contribution in [0.25, 0.3) is 55.6 Å². The molecule has 3 aromatic heterocycles. The number of pyridine rings is 1. The van der Waals surface area contributed by atoms with Gasteiger partial charge >= 0.3 is 11.5 Å². The Morgan fingerprint density at radius 3 is 2.23 bits per heavy atom. The number of nitrogens with zero attached hydrogens (tertiary/aromatic N) is 3. The van der Waals surface area contributed by atoms with E-state index in [0.717, 1.165) is 11.2 Å². The molecule has 0 amide bonds. The van der Waals surface area contributed by atoms with Crippen molar-refractivity contribution in [1.82, 2.24) is 4.57 Å². The summed E-state index contributed by atoms with van der Waals surface area (Å²) in [5, 5.41) is 3.87. The molecule has 48 heavy (non-hydrogen) atoms. The molecule has 0 N–H and O–H groups in total. The first-order chi connectivity index (χ1) is 22.9. The van der Waals surface area contributed by atoms with Gasteiger partial charge in [0.15, 0.2) is 22.8 Å². The Hall–Kier alpha value is -4.48. The highest BCUT2D eigenvalue weighted by Crippen LogP contribution is 2.55. The SMILES string of the molecule is CC(C)c1ccc2c(c1)C1(c3ccc4c(oc5ccccc54)c3-c3n1c1ccccc1[n+]3C(C)C)[n+]1cc([Si](C)(C)C)c(C(C)C)cc1-2. The summed E-state index contributed by atoms with van der Waals surface area (Å²) in [5.41, 5.74) is 13.1. The van der Waals surface area contributed by atoms with Crippen LogP contribution >= 0.6 is 0 Å². The van der Waals surface area contributed by atoms with Crippen molar-refractivity contribution >= 4 is 46.2 Å². The molecule has 2 aliphatic heterocycles. The summed E-state index contributed by atoms with van der Waals surface area (Å²) >= 11 is 0. The van der Waals surface area contributed by atoms with Crippen LogP contribution in [0.5, 0.6) is 0 Å². The molecule has 5 heterocycles. The molecule has 0 radical (unpaired) electrons. The van der Waals surface area contributed by atoms with Crippen LogP contribution in [0.15, 0.2) is 95.5 Å². The molecular formula is C43H45N3OSi+2. The number of hydrogen-bond donors (Lipinski definition) is 0. The summed E-state index contributed by atoms with van der Waals surface area (Å²) in [5.74, 6) is 2.06. The Balaban J connectivity index is 1.57. The first-order valence-corrected chi connectivity index (χ1v) is 21.2. The minimum atomic E-state index is -1.75. The second-order valence-electron chi connectivity index (χ2n) is 16.0. The van der Waals surface area contributed by atoms with E-state index in [1.807, 2.05) is 0 Å². The number of imidazole rings is 1. The average molecular weight is 648 g/mol. The first kappa shape index (κ1) is 29.6. The van der Waals surface area contributed by atoms with Crippen LogP contribution in [0.4, 0.5) is 0 Å². The Labute approximate surface area is 284 Å². The van der Waals surface area contributed by atoms with Crippen molar-refractivity contribution in [3.8, 4) is 22.6 Å². The zero-order chi connectivity index (χ0) is 33.4. The minimum absolute atomic E-state index is 0.238. The van der Waals surface area contributed by atoms with Gasteiger partial charge < -0.3 is 4.42 Å². The minimum Gasteiger partial charge on any atom is -0.455 e. The normalized spacial score (nSPS) is 16.7. The van der Waals surface area contributed by atoms with Crippen LogP contribution in [0.1, 0.15) is 81.7 Å². The maximum Gasteiger partial charge on any atom is 0.364 e. The summed E-state index contributed by atoms with van der Waals surface area (Å²) in [6, 6.07) is 32.3. The van der Waals surface area contributed by atoms with E-state index in [4.69, 9.17) is 4.42 Å². The fraction of sp³-hybridized carbons (Fsp3) is 0.302. The molecule has 1 atom stereocenters. The molecule has 1 unspecified atom stereocenters. The van der Waals surface area contributed by atoms with Gasteiger partial charge in [0.1, 0.15) is 11.1 Å². The molecular weight excluding hydrogens is 603 g/mol. The number of rotatable bonds is 4. The van der Waals surface area contributed by atoms with Crippen LogP contribution in [0, 0.1) is 0 Å². The van der Waals surface area contributed by atoms with E-state index in [1.165, 1.54) is 71.9 Å². The maximum absolute atomic E-state index is 6.92. The predicted molar refractivity (Wildman–Crippen MR) is 200 cm³/mol. The smallest absolute Gasteiger partial charge is 0.364 e. The molecule has 4 nitrogen and oxygen atoms in total. The highest BCUT2D eigenvalue weighted by atomic mass is 28.3. The van der Waals surface area contributed by atoms with Gasteiger partial charge in [0.2, 0.25) is 5.69 Å². The van der Waals surface area contributed by atoms with Crippen molar-refractivity contribution in [2.75, 3.05) is 0 Å². The monoisotopic (exact) mass is 647 g/mol. The van der Waals surface area contributed by atoms with Crippen LogP contribution in [0.3, 0.4) is 0 Å². The lowest BCUT2D eigenvalue weighted by atomic mass is 9.86. The summed E-state index contributed by atoms with van der Waals surface area (Å²) in [6.07, 6.45) is 2.57. The number of furan rings is 1. The summed E-state index contributed by atoms with van der Waals surface area (Å²) in [4.78, 5) is 0. The van der Waals surface area contributed by atoms with Gasteiger partial charge in [0.25, 0.3) is 0 Å². The topological polar surface area (TPSA) is 25.8 Å². The first-order valence-electron chi connectivity index (χ1n) is 17.7. The number of hydrogen-bond acceptors (Lipinski definition) is 1. The summed E-state index contributed by atoms with van der Waals surface area (Å²) in [7, 11) is -1.75. The van der Waals surface area contributed by atoms with Gasteiger partial charge in [0, 0.05) is 22.0 Å². The van der Waals surface area contributed by atoms with E-state index in [1.54, 1.807) is 0 Å². The number of fused-ring (bicyclic) bond motifs is 16. The Morgan fingerprint density at radius 2 is 1.50 bits per heavy atom. The largest absolute Gasteiger partial charge is 0.455 e. The molecule has 9 rings (SSSR count). The lowest BCUT2D eigenvalue weighted by Gasteiger charge is -2.25. The van der Waals surface area contributed by atoms with E-state index in [2.05, 4.69) is 166 Å². The third-order valence-corrected chi connectivity index (χ3v) is 13.1. The molecule has 0 fully saturated rings. The number of aromatic nitrogens is 3. The predicted octanol–water partition coefficient (Wildman–Crippen LogP) is 9.75. The Kier molecular flexibility index (Phi) is 6.05. The van der Waals surface area contributed by atoms with Crippen molar-refractivity contribution in [1.29, 1.82) is 0 Å². The number of para-hydroxylation sites is 3.